The first-order valence-corrected chi connectivity index (χ1v) is 13.4. The van der Waals surface area contributed by atoms with E-state index in [0.29, 0.717) is 32.4 Å². The maximum absolute atomic E-state index is 12.3. The average Bonchev–Trinajstić information content (AvgIpc) is 3.24. The van der Waals surface area contributed by atoms with Crippen LogP contribution in [-0.4, -0.2) is 79.6 Å². The summed E-state index contributed by atoms with van der Waals surface area (Å²) < 4.78 is 5.19. The molecule has 30 heavy (non-hydrogen) atoms. The molecule has 1 aliphatic heterocycles. The molecule has 0 radical (unpaired) electrons. The summed E-state index contributed by atoms with van der Waals surface area (Å²) >= 11 is 0. The number of nitrogens with one attached hydrogen (secondary N) is 1. The molecule has 0 aromatic rings. The molecule has 1 unspecified atom stereocenters. The van der Waals surface area contributed by atoms with Gasteiger partial charge in [-0.2, -0.15) is 0 Å². The molecular formula is C21H42N2O5S2. The summed E-state index contributed by atoms with van der Waals surface area (Å²) in [5.74, 6) is 2.11. The summed E-state index contributed by atoms with van der Waals surface area (Å²) in [5.41, 5.74) is 0. The van der Waals surface area contributed by atoms with Gasteiger partial charge in [0, 0.05) is 58.1 Å². The zero-order valence-corrected chi connectivity index (χ0v) is 20.8. The van der Waals surface area contributed by atoms with Gasteiger partial charge in [0.05, 0.1) is 12.6 Å². The number of aliphatic hydroxyl groups excluding tert-OH is 1. The smallest absolute Gasteiger partial charge is 0.222 e. The largest absolute Gasteiger partial charge is 0.400 e. The number of aliphatic hydroxyl groups is 1. The predicted octanol–water partition coefficient (Wildman–Crippen LogP) is 3.30. The van der Waals surface area contributed by atoms with E-state index in [2.05, 4.69) is 5.32 Å². The van der Waals surface area contributed by atoms with Crippen LogP contribution in [0.4, 0.5) is 0 Å². The minimum atomic E-state index is 0.0586. The van der Waals surface area contributed by atoms with Crippen molar-refractivity contribution < 1.29 is 24.2 Å². The van der Waals surface area contributed by atoms with Gasteiger partial charge in [-0.25, -0.2) is 0 Å². The fraction of sp³-hybridized carbons (Fsp3) is 0.857. The van der Waals surface area contributed by atoms with Crippen molar-refractivity contribution in [3.8, 4) is 0 Å². The number of methoxy groups -OCH3 is 1. The van der Waals surface area contributed by atoms with E-state index >= 15 is 0 Å². The second kappa shape index (κ2) is 24.5. The van der Waals surface area contributed by atoms with Gasteiger partial charge in [0.25, 0.3) is 0 Å². The molecule has 1 aliphatic rings. The molecule has 0 aromatic heterocycles. The Morgan fingerprint density at radius 2 is 1.83 bits per heavy atom. The SMILES string of the molecule is CC.CO.COCC1CCCN1C(=O)CCCSSCCNC(=O)CCCCC=O. The minimum Gasteiger partial charge on any atom is -0.400 e. The van der Waals surface area contributed by atoms with Crippen LogP contribution in [0.2, 0.25) is 0 Å². The van der Waals surface area contributed by atoms with Crippen LogP contribution in [0.3, 0.4) is 0 Å². The van der Waals surface area contributed by atoms with Gasteiger partial charge < -0.3 is 24.9 Å². The molecule has 0 bridgehead atoms. The van der Waals surface area contributed by atoms with E-state index < -0.39 is 0 Å². The number of nitrogens with zero attached hydrogens (tertiary/aromatic N) is 1. The van der Waals surface area contributed by atoms with Crippen molar-refractivity contribution in [1.29, 1.82) is 0 Å². The number of carbonyl (C=O) groups is 3. The van der Waals surface area contributed by atoms with E-state index in [1.807, 2.05) is 18.7 Å². The third kappa shape index (κ3) is 17.0. The van der Waals surface area contributed by atoms with Gasteiger partial charge in [0.2, 0.25) is 11.8 Å². The van der Waals surface area contributed by atoms with Gasteiger partial charge in [0.1, 0.15) is 6.29 Å². The Balaban J connectivity index is 0. The van der Waals surface area contributed by atoms with Crippen LogP contribution in [-0.2, 0) is 19.1 Å². The highest BCUT2D eigenvalue weighted by atomic mass is 33.1. The van der Waals surface area contributed by atoms with Crippen LogP contribution in [0.5, 0.6) is 0 Å². The third-order valence-corrected chi connectivity index (χ3v) is 6.73. The number of unbranched alkanes of at least 4 members (excludes halogenated alkanes) is 2. The Morgan fingerprint density at radius 1 is 1.13 bits per heavy atom. The number of amides is 2. The number of aldehydes is 1. The van der Waals surface area contributed by atoms with Crippen LogP contribution in [0, 0.1) is 0 Å². The Morgan fingerprint density at radius 3 is 2.50 bits per heavy atom. The zero-order valence-electron chi connectivity index (χ0n) is 19.2. The standard InChI is InChI=1S/C18H32N2O4S2.C2H6.CH4O/c1-24-15-16-7-5-11-20(16)18(23)9-6-13-25-26-14-10-19-17(22)8-3-2-4-12-21;2*1-2/h12,16H,2-11,13-15H2,1H3,(H,19,22);1-2H3;2H,1H3. The molecule has 0 aromatic carbocycles. The lowest BCUT2D eigenvalue weighted by atomic mass is 10.2. The van der Waals surface area contributed by atoms with E-state index in [-0.39, 0.29) is 17.9 Å². The summed E-state index contributed by atoms with van der Waals surface area (Å²) in [6.07, 6.45) is 7.08. The number of ether oxygens (including phenoxy) is 1. The molecule has 0 saturated carbocycles. The highest BCUT2D eigenvalue weighted by Crippen LogP contribution is 2.23. The molecule has 1 saturated heterocycles. The maximum atomic E-state index is 12.3. The predicted molar refractivity (Wildman–Crippen MR) is 128 cm³/mol. The molecular weight excluding hydrogens is 424 g/mol. The van der Waals surface area contributed by atoms with Gasteiger partial charge >= 0.3 is 0 Å². The average molecular weight is 467 g/mol. The molecule has 178 valence electrons. The van der Waals surface area contributed by atoms with Crippen molar-refractivity contribution in [2.45, 2.75) is 71.3 Å². The van der Waals surface area contributed by atoms with E-state index in [9.17, 15) is 14.4 Å². The molecule has 0 aliphatic carbocycles. The fourth-order valence-electron chi connectivity index (χ4n) is 2.91. The fourth-order valence-corrected chi connectivity index (χ4v) is 4.90. The van der Waals surface area contributed by atoms with E-state index in [1.54, 1.807) is 28.7 Å². The van der Waals surface area contributed by atoms with Gasteiger partial charge in [-0.15, -0.1) is 0 Å². The molecule has 1 atom stereocenters. The van der Waals surface area contributed by atoms with Crippen LogP contribution in [0.15, 0.2) is 0 Å². The van der Waals surface area contributed by atoms with Crippen LogP contribution in [0.1, 0.15) is 65.2 Å². The normalized spacial score (nSPS) is 14.8. The maximum Gasteiger partial charge on any atom is 0.222 e. The first kappa shape index (κ1) is 31.4. The Labute approximate surface area is 190 Å². The van der Waals surface area contributed by atoms with Gasteiger partial charge in [-0.05, 0) is 32.1 Å². The molecule has 1 fully saturated rings. The number of hydrogen-bond donors (Lipinski definition) is 2. The summed E-state index contributed by atoms with van der Waals surface area (Å²) in [5, 5.41) is 9.89. The van der Waals surface area contributed by atoms with Crippen molar-refractivity contribution in [2.24, 2.45) is 0 Å². The van der Waals surface area contributed by atoms with Crippen LogP contribution >= 0.6 is 21.6 Å². The quantitative estimate of drug-likeness (QED) is 0.217. The van der Waals surface area contributed by atoms with Crippen molar-refractivity contribution in [3.05, 3.63) is 0 Å². The van der Waals surface area contributed by atoms with Crippen LogP contribution in [0.25, 0.3) is 0 Å². The topological polar surface area (TPSA) is 95.9 Å². The molecule has 1 rings (SSSR count). The van der Waals surface area contributed by atoms with E-state index in [0.717, 1.165) is 63.6 Å². The molecule has 7 nitrogen and oxygen atoms in total. The summed E-state index contributed by atoms with van der Waals surface area (Å²) in [7, 11) is 6.17. The Kier molecular flexibility index (Phi) is 25.7. The van der Waals surface area contributed by atoms with Crippen molar-refractivity contribution >= 4 is 39.7 Å². The number of hydrogen-bond acceptors (Lipinski definition) is 7. The third-order valence-electron chi connectivity index (χ3n) is 4.24. The lowest BCUT2D eigenvalue weighted by molar-refractivity contribution is -0.133. The lowest BCUT2D eigenvalue weighted by Gasteiger charge is -2.24. The van der Waals surface area contributed by atoms with Gasteiger partial charge in [-0.3, -0.25) is 9.59 Å². The van der Waals surface area contributed by atoms with E-state index in [1.165, 1.54) is 0 Å². The number of likely N-dealkylation sites (tertiary alicyclic amines) is 1. The molecule has 2 N–H and O–H groups in total. The highest BCUT2D eigenvalue weighted by Gasteiger charge is 2.27. The summed E-state index contributed by atoms with van der Waals surface area (Å²) in [4.78, 5) is 36.0. The van der Waals surface area contributed by atoms with Crippen molar-refractivity contribution in [2.75, 3.05) is 45.4 Å². The second-order valence-electron chi connectivity index (χ2n) is 6.35. The molecule has 0 spiro atoms. The zero-order chi connectivity index (χ0) is 23.0. The van der Waals surface area contributed by atoms with Crippen LogP contribution < -0.4 is 5.32 Å². The first-order valence-electron chi connectivity index (χ1n) is 10.9. The monoisotopic (exact) mass is 466 g/mol. The molecule has 9 heteroatoms. The lowest BCUT2D eigenvalue weighted by Crippen LogP contribution is -2.38. The summed E-state index contributed by atoms with van der Waals surface area (Å²) in [6, 6.07) is 0.261. The van der Waals surface area contributed by atoms with Crippen molar-refractivity contribution in [1.82, 2.24) is 10.2 Å². The highest BCUT2D eigenvalue weighted by molar-refractivity contribution is 8.76. The number of rotatable bonds is 15. The minimum absolute atomic E-state index is 0.0586. The number of carbonyl (C=O) groups excluding carboxylic acids is 3. The Hall–Kier alpha value is -0.770. The summed E-state index contributed by atoms with van der Waals surface area (Å²) in [6.45, 7) is 6.17. The Bertz CT molecular complexity index is 428. The molecule has 1 heterocycles. The second-order valence-corrected chi connectivity index (χ2v) is 9.05. The van der Waals surface area contributed by atoms with Gasteiger partial charge in [0.15, 0.2) is 0 Å². The van der Waals surface area contributed by atoms with Crippen molar-refractivity contribution in [3.63, 3.8) is 0 Å². The van der Waals surface area contributed by atoms with E-state index in [4.69, 9.17) is 9.84 Å². The molecule has 2 amide bonds. The first-order chi connectivity index (χ1) is 14.7. The van der Waals surface area contributed by atoms with Gasteiger partial charge in [-0.1, -0.05) is 35.4 Å².